The van der Waals surface area contributed by atoms with Crippen LogP contribution in [-0.4, -0.2) is 15.0 Å². The van der Waals surface area contributed by atoms with E-state index in [0.717, 1.165) is 12.1 Å². The molecular formula is C10H12N2O5. The minimum Gasteiger partial charge on any atom is -0.507 e. The van der Waals surface area contributed by atoms with Crippen LogP contribution in [0.15, 0.2) is 12.1 Å². The van der Waals surface area contributed by atoms with Crippen LogP contribution >= 0.6 is 0 Å². The zero-order valence-electron chi connectivity index (χ0n) is 9.63. The average Bonchev–Trinajstić information content (AvgIpc) is 2.14. The van der Waals surface area contributed by atoms with Gasteiger partial charge in [-0.3, -0.25) is 20.2 Å². The van der Waals surface area contributed by atoms with Crippen LogP contribution in [0.3, 0.4) is 0 Å². The van der Waals surface area contributed by atoms with Gasteiger partial charge in [-0.05, 0) is 0 Å². The van der Waals surface area contributed by atoms with E-state index in [1.165, 1.54) is 0 Å². The zero-order valence-corrected chi connectivity index (χ0v) is 9.63. The van der Waals surface area contributed by atoms with Gasteiger partial charge in [0.15, 0.2) is 0 Å². The van der Waals surface area contributed by atoms with Crippen LogP contribution < -0.4 is 0 Å². The first-order valence-corrected chi connectivity index (χ1v) is 4.81. The SMILES string of the molecule is CC(C)(C)c1c([N+](=O)[O-])cc(O)cc1[N+](=O)[O-]. The Labute approximate surface area is 97.0 Å². The molecule has 0 unspecified atom stereocenters. The molecule has 92 valence electrons. The van der Waals surface area contributed by atoms with Crippen molar-refractivity contribution in [3.8, 4) is 5.75 Å². The summed E-state index contributed by atoms with van der Waals surface area (Å²) in [5, 5.41) is 31.0. The van der Waals surface area contributed by atoms with Crippen molar-refractivity contribution >= 4 is 11.4 Å². The van der Waals surface area contributed by atoms with Gasteiger partial charge in [0, 0.05) is 5.41 Å². The summed E-state index contributed by atoms with van der Waals surface area (Å²) in [5.41, 5.74) is -1.64. The highest BCUT2D eigenvalue weighted by atomic mass is 16.6. The number of phenolic OH excluding ortho intramolecular Hbond substituents is 1. The summed E-state index contributed by atoms with van der Waals surface area (Å²) in [6.45, 7) is 4.91. The highest BCUT2D eigenvalue weighted by Gasteiger charge is 2.34. The van der Waals surface area contributed by atoms with Crippen LogP contribution in [-0.2, 0) is 5.41 Å². The maximum Gasteiger partial charge on any atom is 0.283 e. The van der Waals surface area contributed by atoms with Gasteiger partial charge in [-0.25, -0.2) is 0 Å². The summed E-state index contributed by atoms with van der Waals surface area (Å²) >= 11 is 0. The first-order valence-electron chi connectivity index (χ1n) is 4.81. The fourth-order valence-corrected chi connectivity index (χ4v) is 1.65. The first-order chi connectivity index (χ1) is 7.64. The second kappa shape index (κ2) is 4.00. The lowest BCUT2D eigenvalue weighted by molar-refractivity contribution is -0.396. The Morgan fingerprint density at radius 2 is 1.41 bits per heavy atom. The van der Waals surface area contributed by atoms with Gasteiger partial charge in [0.2, 0.25) is 0 Å². The number of hydrogen-bond acceptors (Lipinski definition) is 5. The number of phenols is 1. The summed E-state index contributed by atoms with van der Waals surface area (Å²) in [5.74, 6) is -0.489. The third-order valence-electron chi connectivity index (χ3n) is 2.22. The predicted molar refractivity (Wildman–Crippen MR) is 60.1 cm³/mol. The molecular weight excluding hydrogens is 228 g/mol. The quantitative estimate of drug-likeness (QED) is 0.631. The van der Waals surface area contributed by atoms with Crippen LogP contribution in [0, 0.1) is 20.2 Å². The highest BCUT2D eigenvalue weighted by Crippen LogP contribution is 2.40. The number of hydrogen-bond donors (Lipinski definition) is 1. The third kappa shape index (κ3) is 2.49. The number of benzene rings is 1. The molecule has 0 heterocycles. The van der Waals surface area contributed by atoms with Gasteiger partial charge in [0.05, 0.1) is 22.0 Å². The van der Waals surface area contributed by atoms with E-state index in [2.05, 4.69) is 0 Å². The van der Waals surface area contributed by atoms with Crippen molar-refractivity contribution in [1.29, 1.82) is 0 Å². The molecule has 0 radical (unpaired) electrons. The number of nitro benzene ring substituents is 2. The molecule has 1 aromatic rings. The number of nitro groups is 2. The van der Waals surface area contributed by atoms with E-state index in [1.807, 2.05) is 0 Å². The second-order valence-corrected chi connectivity index (χ2v) is 4.62. The monoisotopic (exact) mass is 240 g/mol. The number of aromatic hydroxyl groups is 1. The van der Waals surface area contributed by atoms with E-state index in [1.54, 1.807) is 20.8 Å². The highest BCUT2D eigenvalue weighted by molar-refractivity contribution is 5.60. The molecule has 0 amide bonds. The normalized spacial score (nSPS) is 11.2. The van der Waals surface area contributed by atoms with Crippen molar-refractivity contribution < 1.29 is 15.0 Å². The van der Waals surface area contributed by atoms with Crippen LogP contribution in [0.25, 0.3) is 0 Å². The van der Waals surface area contributed by atoms with Gasteiger partial charge < -0.3 is 5.11 Å². The minimum atomic E-state index is -0.765. The van der Waals surface area contributed by atoms with Gasteiger partial charge in [0.1, 0.15) is 11.3 Å². The first kappa shape index (κ1) is 12.9. The number of rotatable bonds is 2. The maximum absolute atomic E-state index is 10.9. The van der Waals surface area contributed by atoms with Gasteiger partial charge >= 0.3 is 0 Å². The van der Waals surface area contributed by atoms with E-state index in [0.29, 0.717) is 0 Å². The summed E-state index contributed by atoms with van der Waals surface area (Å²) in [7, 11) is 0. The van der Waals surface area contributed by atoms with Crippen molar-refractivity contribution in [2.45, 2.75) is 26.2 Å². The summed E-state index contributed by atoms with van der Waals surface area (Å²) in [6.07, 6.45) is 0. The van der Waals surface area contributed by atoms with Crippen LogP contribution in [0.2, 0.25) is 0 Å². The summed E-state index contributed by atoms with van der Waals surface area (Å²) < 4.78 is 0. The molecule has 0 saturated carbocycles. The maximum atomic E-state index is 10.9. The van der Waals surface area contributed by atoms with Gasteiger partial charge in [0.25, 0.3) is 11.4 Å². The molecule has 1 N–H and O–H groups in total. The van der Waals surface area contributed by atoms with E-state index in [9.17, 15) is 25.3 Å². The van der Waals surface area contributed by atoms with E-state index < -0.39 is 32.4 Å². The molecule has 7 heteroatoms. The van der Waals surface area contributed by atoms with Crippen molar-refractivity contribution in [2.75, 3.05) is 0 Å². The molecule has 0 saturated heterocycles. The molecule has 0 spiro atoms. The second-order valence-electron chi connectivity index (χ2n) is 4.62. The van der Waals surface area contributed by atoms with Crippen molar-refractivity contribution in [3.05, 3.63) is 37.9 Å². The summed E-state index contributed by atoms with van der Waals surface area (Å²) in [4.78, 5) is 20.3. The van der Waals surface area contributed by atoms with Crippen LogP contribution in [0.4, 0.5) is 11.4 Å². The Morgan fingerprint density at radius 1 is 1.06 bits per heavy atom. The van der Waals surface area contributed by atoms with Crippen LogP contribution in [0.5, 0.6) is 5.75 Å². The Morgan fingerprint density at radius 3 is 1.65 bits per heavy atom. The van der Waals surface area contributed by atoms with E-state index in [4.69, 9.17) is 0 Å². The molecule has 0 aliphatic carbocycles. The lowest BCUT2D eigenvalue weighted by Gasteiger charge is -2.18. The minimum absolute atomic E-state index is 0.00491. The summed E-state index contributed by atoms with van der Waals surface area (Å²) in [6, 6.07) is 1.85. The molecule has 1 aromatic carbocycles. The van der Waals surface area contributed by atoms with Gasteiger partial charge in [-0.1, -0.05) is 20.8 Å². The topological polar surface area (TPSA) is 107 Å². The molecule has 0 aliphatic rings. The van der Waals surface area contributed by atoms with Gasteiger partial charge in [-0.2, -0.15) is 0 Å². The Bertz CT molecular complexity index is 455. The standard InChI is InChI=1S/C10H12N2O5/c1-10(2,3)9-7(11(14)15)4-6(13)5-8(9)12(16)17/h4-5,13H,1-3H3. The molecule has 0 atom stereocenters. The smallest absolute Gasteiger partial charge is 0.283 e. The fourth-order valence-electron chi connectivity index (χ4n) is 1.65. The Kier molecular flexibility index (Phi) is 3.03. The molecule has 0 bridgehead atoms. The average molecular weight is 240 g/mol. The molecule has 0 fully saturated rings. The van der Waals surface area contributed by atoms with Crippen molar-refractivity contribution in [2.24, 2.45) is 0 Å². The largest absolute Gasteiger partial charge is 0.507 e. The lowest BCUT2D eigenvalue weighted by atomic mass is 9.84. The van der Waals surface area contributed by atoms with Crippen molar-refractivity contribution in [3.63, 3.8) is 0 Å². The van der Waals surface area contributed by atoms with E-state index in [-0.39, 0.29) is 5.56 Å². The molecule has 0 aromatic heterocycles. The third-order valence-corrected chi connectivity index (χ3v) is 2.22. The molecule has 17 heavy (non-hydrogen) atoms. The van der Waals surface area contributed by atoms with Gasteiger partial charge in [-0.15, -0.1) is 0 Å². The van der Waals surface area contributed by atoms with E-state index >= 15 is 0 Å². The molecule has 1 rings (SSSR count). The van der Waals surface area contributed by atoms with Crippen LogP contribution in [0.1, 0.15) is 26.3 Å². The zero-order chi connectivity index (χ0) is 13.4. The molecule has 0 aliphatic heterocycles. The molecule has 7 nitrogen and oxygen atoms in total. The van der Waals surface area contributed by atoms with Crippen molar-refractivity contribution in [1.82, 2.24) is 0 Å². The predicted octanol–water partition coefficient (Wildman–Crippen LogP) is 2.51. The lowest BCUT2D eigenvalue weighted by Crippen LogP contribution is -2.16. The fraction of sp³-hybridized carbons (Fsp3) is 0.400. The number of nitrogens with zero attached hydrogens (tertiary/aromatic N) is 2. The Balaban J connectivity index is 3.72. The Hall–Kier alpha value is -2.18.